The molecule has 1 aromatic carbocycles. The third-order valence-electron chi connectivity index (χ3n) is 6.83. The minimum absolute atomic E-state index is 0.0138. The molecule has 0 bridgehead atoms. The van der Waals surface area contributed by atoms with Gasteiger partial charge in [0.05, 0.1) is 22.9 Å². The second kappa shape index (κ2) is 9.91. The number of sulfonamides is 1. The number of likely N-dealkylation sites (tertiary alicyclic amines) is 1. The van der Waals surface area contributed by atoms with Crippen LogP contribution in [0.3, 0.4) is 0 Å². The fourth-order valence-electron chi connectivity index (χ4n) is 4.81. The summed E-state index contributed by atoms with van der Waals surface area (Å²) in [6.45, 7) is 3.78. The third kappa shape index (κ3) is 4.90. The van der Waals surface area contributed by atoms with Crippen LogP contribution in [0.2, 0.25) is 0 Å². The Morgan fingerprint density at radius 2 is 1.88 bits per heavy atom. The summed E-state index contributed by atoms with van der Waals surface area (Å²) >= 11 is 0. The van der Waals surface area contributed by atoms with Crippen LogP contribution in [-0.2, 0) is 31.4 Å². The number of ether oxygens (including phenoxy) is 1. The first-order valence-corrected chi connectivity index (χ1v) is 13.2. The fourth-order valence-corrected chi connectivity index (χ4v) is 6.30. The van der Waals surface area contributed by atoms with E-state index in [2.05, 4.69) is 0 Å². The Morgan fingerprint density at radius 1 is 1.15 bits per heavy atom. The SMILES string of the molecule is CCOC(=O)[C@@H]1CCCN(C(=O)CC2CCN(S(=O)(=O)c3ccc4c(c3)oc(=O)n4C)CC2)C1. The van der Waals surface area contributed by atoms with E-state index in [-0.39, 0.29) is 34.2 Å². The molecule has 0 saturated carbocycles. The molecule has 3 heterocycles. The van der Waals surface area contributed by atoms with E-state index >= 15 is 0 Å². The number of aryl methyl sites for hydroxylation is 1. The van der Waals surface area contributed by atoms with Crippen molar-refractivity contribution >= 4 is 33.0 Å². The van der Waals surface area contributed by atoms with E-state index in [0.29, 0.717) is 57.6 Å². The van der Waals surface area contributed by atoms with Gasteiger partial charge in [-0.05, 0) is 50.7 Å². The van der Waals surface area contributed by atoms with E-state index in [1.807, 2.05) is 0 Å². The van der Waals surface area contributed by atoms with E-state index in [9.17, 15) is 22.8 Å². The fraction of sp³-hybridized carbons (Fsp3) is 0.609. The maximum absolute atomic E-state index is 13.1. The number of piperidine rings is 2. The quantitative estimate of drug-likeness (QED) is 0.562. The highest BCUT2D eigenvalue weighted by atomic mass is 32.2. The zero-order valence-corrected chi connectivity index (χ0v) is 20.4. The molecule has 2 aliphatic rings. The Morgan fingerprint density at radius 3 is 2.59 bits per heavy atom. The highest BCUT2D eigenvalue weighted by Gasteiger charge is 2.33. The molecule has 4 rings (SSSR count). The monoisotopic (exact) mass is 493 g/mol. The summed E-state index contributed by atoms with van der Waals surface area (Å²) in [5.41, 5.74) is 0.765. The van der Waals surface area contributed by atoms with Crippen LogP contribution < -0.4 is 5.76 Å². The summed E-state index contributed by atoms with van der Waals surface area (Å²) in [4.78, 5) is 38.4. The summed E-state index contributed by atoms with van der Waals surface area (Å²) in [5, 5.41) is 0. The number of benzene rings is 1. The van der Waals surface area contributed by atoms with Crippen molar-refractivity contribution in [3.8, 4) is 0 Å². The average molecular weight is 494 g/mol. The number of aromatic nitrogens is 1. The van der Waals surface area contributed by atoms with Crippen molar-refractivity contribution < 1.29 is 27.2 Å². The van der Waals surface area contributed by atoms with Gasteiger partial charge in [0.15, 0.2) is 5.58 Å². The Bertz CT molecular complexity index is 1220. The second-order valence-electron chi connectivity index (χ2n) is 9.04. The first-order chi connectivity index (χ1) is 16.2. The Labute approximate surface area is 198 Å². The number of hydrogen-bond acceptors (Lipinski definition) is 7. The average Bonchev–Trinajstić information content (AvgIpc) is 3.12. The molecule has 2 saturated heterocycles. The lowest BCUT2D eigenvalue weighted by Gasteiger charge is -2.34. The molecule has 2 aromatic rings. The molecule has 0 N–H and O–H groups in total. The van der Waals surface area contributed by atoms with Gasteiger partial charge in [0.25, 0.3) is 0 Å². The van der Waals surface area contributed by atoms with Crippen molar-refractivity contribution in [3.05, 3.63) is 28.7 Å². The third-order valence-corrected chi connectivity index (χ3v) is 8.73. The van der Waals surface area contributed by atoms with Crippen LogP contribution in [0.1, 0.15) is 39.0 Å². The van der Waals surface area contributed by atoms with Gasteiger partial charge >= 0.3 is 11.7 Å². The molecule has 186 valence electrons. The predicted molar refractivity (Wildman–Crippen MR) is 123 cm³/mol. The van der Waals surface area contributed by atoms with Gasteiger partial charge in [-0.25, -0.2) is 13.2 Å². The molecule has 0 spiro atoms. The van der Waals surface area contributed by atoms with Gasteiger partial charge in [0.1, 0.15) is 0 Å². The normalized spacial score (nSPS) is 20.5. The molecular formula is C23H31N3O7S. The molecule has 34 heavy (non-hydrogen) atoms. The molecule has 1 amide bonds. The van der Waals surface area contributed by atoms with Crippen LogP contribution in [0.25, 0.3) is 11.1 Å². The number of rotatable bonds is 6. The summed E-state index contributed by atoms with van der Waals surface area (Å²) in [7, 11) is -2.17. The van der Waals surface area contributed by atoms with Crippen molar-refractivity contribution in [2.75, 3.05) is 32.8 Å². The van der Waals surface area contributed by atoms with Gasteiger partial charge in [-0.2, -0.15) is 4.31 Å². The van der Waals surface area contributed by atoms with Gasteiger partial charge < -0.3 is 14.1 Å². The number of esters is 1. The van der Waals surface area contributed by atoms with Gasteiger partial charge in [0.2, 0.25) is 15.9 Å². The minimum atomic E-state index is -3.74. The summed E-state index contributed by atoms with van der Waals surface area (Å²) in [5.74, 6) is -0.948. The van der Waals surface area contributed by atoms with Crippen molar-refractivity contribution in [2.24, 2.45) is 18.9 Å². The molecular weight excluding hydrogens is 462 g/mol. The topological polar surface area (TPSA) is 119 Å². The number of carbonyl (C=O) groups is 2. The van der Waals surface area contributed by atoms with Gasteiger partial charge in [0, 0.05) is 45.7 Å². The van der Waals surface area contributed by atoms with Gasteiger partial charge in [-0.15, -0.1) is 0 Å². The molecule has 0 aliphatic carbocycles. The van der Waals surface area contributed by atoms with Crippen LogP contribution in [0.4, 0.5) is 0 Å². The molecule has 1 aromatic heterocycles. The Balaban J connectivity index is 1.34. The van der Waals surface area contributed by atoms with Crippen LogP contribution in [0.15, 0.2) is 32.3 Å². The first kappa shape index (κ1) is 24.5. The summed E-state index contributed by atoms with van der Waals surface area (Å²) in [6, 6.07) is 4.44. The number of fused-ring (bicyclic) bond motifs is 1. The van der Waals surface area contributed by atoms with Crippen molar-refractivity contribution in [2.45, 2.75) is 43.9 Å². The number of carbonyl (C=O) groups excluding carboxylic acids is 2. The van der Waals surface area contributed by atoms with Crippen molar-refractivity contribution in [1.82, 2.24) is 13.8 Å². The zero-order valence-electron chi connectivity index (χ0n) is 19.6. The van der Waals surface area contributed by atoms with Crippen molar-refractivity contribution in [1.29, 1.82) is 0 Å². The zero-order chi connectivity index (χ0) is 24.5. The van der Waals surface area contributed by atoms with Gasteiger partial charge in [-0.1, -0.05) is 0 Å². The standard InChI is InChI=1S/C23H31N3O7S/c1-3-32-22(28)17-5-4-10-25(15-17)21(27)13-16-8-11-26(12-9-16)34(30,31)18-6-7-19-20(14-18)33-23(29)24(19)2/h6-7,14,16-17H,3-5,8-13,15H2,1-2H3/t17-/m1/s1. The lowest BCUT2D eigenvalue weighted by Crippen LogP contribution is -2.44. The van der Waals surface area contributed by atoms with E-state index in [1.54, 1.807) is 24.9 Å². The van der Waals surface area contributed by atoms with Crippen LogP contribution in [0, 0.1) is 11.8 Å². The first-order valence-electron chi connectivity index (χ1n) is 11.7. The van der Waals surface area contributed by atoms with E-state index in [4.69, 9.17) is 9.15 Å². The lowest BCUT2D eigenvalue weighted by molar-refractivity contribution is -0.151. The number of amides is 1. The van der Waals surface area contributed by atoms with E-state index in [0.717, 1.165) is 12.8 Å². The van der Waals surface area contributed by atoms with Crippen LogP contribution in [-0.4, -0.2) is 66.9 Å². The summed E-state index contributed by atoms with van der Waals surface area (Å²) in [6.07, 6.45) is 3.03. The largest absolute Gasteiger partial charge is 0.466 e. The smallest absolute Gasteiger partial charge is 0.419 e. The van der Waals surface area contributed by atoms with Crippen molar-refractivity contribution in [3.63, 3.8) is 0 Å². The summed E-state index contributed by atoms with van der Waals surface area (Å²) < 4.78 is 39.3. The number of hydrogen-bond donors (Lipinski definition) is 0. The van der Waals surface area contributed by atoms with Crippen LogP contribution >= 0.6 is 0 Å². The maximum atomic E-state index is 13.1. The molecule has 2 aliphatic heterocycles. The predicted octanol–water partition coefficient (Wildman–Crippen LogP) is 1.72. The molecule has 2 fully saturated rings. The molecule has 10 nitrogen and oxygen atoms in total. The number of oxazole rings is 1. The highest BCUT2D eigenvalue weighted by Crippen LogP contribution is 2.28. The highest BCUT2D eigenvalue weighted by molar-refractivity contribution is 7.89. The number of nitrogens with zero attached hydrogens (tertiary/aromatic N) is 3. The lowest BCUT2D eigenvalue weighted by atomic mass is 9.92. The molecule has 11 heteroatoms. The second-order valence-corrected chi connectivity index (χ2v) is 11.0. The Hall–Kier alpha value is -2.66. The molecule has 1 atom stereocenters. The van der Waals surface area contributed by atoms with E-state index < -0.39 is 15.8 Å². The van der Waals surface area contributed by atoms with Crippen LogP contribution in [0.5, 0.6) is 0 Å². The molecule has 0 unspecified atom stereocenters. The Kier molecular flexibility index (Phi) is 7.13. The minimum Gasteiger partial charge on any atom is -0.466 e. The molecule has 0 radical (unpaired) electrons. The van der Waals surface area contributed by atoms with Gasteiger partial charge in [-0.3, -0.25) is 14.2 Å². The maximum Gasteiger partial charge on any atom is 0.419 e. The van der Waals surface area contributed by atoms with E-state index in [1.165, 1.54) is 21.0 Å².